The van der Waals surface area contributed by atoms with Crippen LogP contribution in [0.3, 0.4) is 0 Å². The number of hydrogen-bond donors (Lipinski definition) is 3. The molecule has 0 saturated carbocycles. The number of amides is 1. The first-order chi connectivity index (χ1) is 16.7. The number of aliphatic hydroxyl groups is 1. The van der Waals surface area contributed by atoms with E-state index in [1.165, 1.54) is 12.1 Å². The van der Waals surface area contributed by atoms with Crippen molar-refractivity contribution < 1.29 is 23.8 Å². The summed E-state index contributed by atoms with van der Waals surface area (Å²) in [6, 6.07) is 9.40. The average Bonchev–Trinajstić information content (AvgIpc) is 3.12. The Balaban J connectivity index is 1.59. The molecule has 1 fully saturated rings. The van der Waals surface area contributed by atoms with Crippen LogP contribution in [0.2, 0.25) is 0 Å². The van der Waals surface area contributed by atoms with Crippen molar-refractivity contribution in [3.63, 3.8) is 0 Å². The van der Waals surface area contributed by atoms with Crippen molar-refractivity contribution in [3.8, 4) is 29.0 Å². The number of nitriles is 2. The number of halogens is 1. The Labute approximate surface area is 203 Å². The van der Waals surface area contributed by atoms with E-state index >= 15 is 4.39 Å². The summed E-state index contributed by atoms with van der Waals surface area (Å²) in [4.78, 5) is 12.5. The molecule has 0 spiro atoms. The molecule has 35 heavy (non-hydrogen) atoms. The Morgan fingerprint density at radius 3 is 2.83 bits per heavy atom. The highest BCUT2D eigenvalue weighted by Gasteiger charge is 2.28. The van der Waals surface area contributed by atoms with Gasteiger partial charge in [0, 0.05) is 30.7 Å². The van der Waals surface area contributed by atoms with Crippen LogP contribution in [-0.2, 0) is 28.2 Å². The number of carbonyl (C=O) groups excluding carboxylic acids is 1. The maximum absolute atomic E-state index is 15.2. The van der Waals surface area contributed by atoms with Crippen LogP contribution in [-0.4, -0.2) is 42.9 Å². The highest BCUT2D eigenvalue weighted by molar-refractivity contribution is 5.82. The minimum atomic E-state index is -1.26. The molecule has 3 N–H and O–H groups in total. The largest absolute Gasteiger partial charge is 0.488 e. The van der Waals surface area contributed by atoms with Gasteiger partial charge in [0.1, 0.15) is 30.3 Å². The van der Waals surface area contributed by atoms with E-state index in [4.69, 9.17) is 9.47 Å². The van der Waals surface area contributed by atoms with Gasteiger partial charge in [-0.3, -0.25) is 4.79 Å². The molecule has 4 rings (SSSR count). The molecule has 0 aromatic heterocycles. The molecular formula is C26H27FN4O4. The molecule has 9 heteroatoms. The second-order valence-corrected chi connectivity index (χ2v) is 9.27. The highest BCUT2D eigenvalue weighted by Crippen LogP contribution is 2.41. The molecule has 0 aliphatic carbocycles. The van der Waals surface area contributed by atoms with Gasteiger partial charge in [0.05, 0.1) is 23.3 Å². The highest BCUT2D eigenvalue weighted by atomic mass is 19.1. The van der Waals surface area contributed by atoms with E-state index in [0.717, 1.165) is 13.0 Å². The zero-order chi connectivity index (χ0) is 25.2. The van der Waals surface area contributed by atoms with Crippen molar-refractivity contribution in [3.05, 3.63) is 52.3 Å². The Morgan fingerprint density at radius 1 is 1.31 bits per heavy atom. The molecular weight excluding hydrogens is 451 g/mol. The number of carbonyl (C=O) groups is 1. The number of rotatable bonds is 5. The number of fused-ring (bicyclic) bond motifs is 3. The zero-order valence-electron chi connectivity index (χ0n) is 19.7. The van der Waals surface area contributed by atoms with Gasteiger partial charge in [0.2, 0.25) is 0 Å². The van der Waals surface area contributed by atoms with Crippen molar-refractivity contribution in [2.75, 3.05) is 19.7 Å². The van der Waals surface area contributed by atoms with Crippen molar-refractivity contribution >= 4 is 5.91 Å². The van der Waals surface area contributed by atoms with Gasteiger partial charge < -0.3 is 25.2 Å². The summed E-state index contributed by atoms with van der Waals surface area (Å²) in [5.74, 6) is -0.530. The van der Waals surface area contributed by atoms with Crippen molar-refractivity contribution in [2.45, 2.75) is 51.0 Å². The summed E-state index contributed by atoms with van der Waals surface area (Å²) in [7, 11) is 0. The van der Waals surface area contributed by atoms with Crippen molar-refractivity contribution in [1.29, 1.82) is 10.5 Å². The van der Waals surface area contributed by atoms with Gasteiger partial charge in [-0.25, -0.2) is 4.39 Å². The van der Waals surface area contributed by atoms with Gasteiger partial charge in [-0.2, -0.15) is 10.5 Å². The first-order valence-electron chi connectivity index (χ1n) is 11.5. The molecule has 2 aromatic carbocycles. The summed E-state index contributed by atoms with van der Waals surface area (Å²) in [6.45, 7) is 4.91. The van der Waals surface area contributed by atoms with Gasteiger partial charge >= 0.3 is 0 Å². The lowest BCUT2D eigenvalue weighted by atomic mass is 9.86. The first-order valence-corrected chi connectivity index (χ1v) is 11.5. The van der Waals surface area contributed by atoms with E-state index in [2.05, 4.69) is 16.7 Å². The third-order valence-electron chi connectivity index (χ3n) is 6.18. The molecule has 2 heterocycles. The Morgan fingerprint density at radius 2 is 2.11 bits per heavy atom. The van der Waals surface area contributed by atoms with Crippen molar-refractivity contribution in [1.82, 2.24) is 10.6 Å². The lowest BCUT2D eigenvalue weighted by Gasteiger charge is -2.26. The van der Waals surface area contributed by atoms with Crippen LogP contribution in [0, 0.1) is 28.5 Å². The van der Waals surface area contributed by atoms with Crippen LogP contribution in [0.25, 0.3) is 11.1 Å². The Kier molecular flexibility index (Phi) is 7.04. The van der Waals surface area contributed by atoms with E-state index in [1.807, 2.05) is 6.07 Å². The molecule has 0 bridgehead atoms. The minimum Gasteiger partial charge on any atom is -0.488 e. The lowest BCUT2D eigenvalue weighted by Crippen LogP contribution is -2.46. The van der Waals surface area contributed by atoms with E-state index < -0.39 is 29.5 Å². The van der Waals surface area contributed by atoms with Gasteiger partial charge in [-0.1, -0.05) is 0 Å². The third kappa shape index (κ3) is 5.28. The summed E-state index contributed by atoms with van der Waals surface area (Å²) in [5, 5.41) is 35.4. The summed E-state index contributed by atoms with van der Waals surface area (Å²) in [6.07, 6.45) is 0.0502. The molecule has 2 unspecified atom stereocenters. The van der Waals surface area contributed by atoms with Crippen LogP contribution in [0.15, 0.2) is 24.3 Å². The van der Waals surface area contributed by atoms with E-state index in [1.54, 1.807) is 26.0 Å². The van der Waals surface area contributed by atoms with E-state index in [-0.39, 0.29) is 18.6 Å². The maximum atomic E-state index is 15.2. The number of ether oxygens (including phenoxy) is 2. The SMILES string of the molecule is CC(C)(O)c1cc2c(cc1C#N)COc1cc(CC(C#N)NC(=O)C3CNCCCO3)c(F)cc1-2. The molecule has 0 radical (unpaired) electrons. The van der Waals surface area contributed by atoms with Gasteiger partial charge in [0.15, 0.2) is 0 Å². The lowest BCUT2D eigenvalue weighted by molar-refractivity contribution is -0.132. The standard InChI is InChI=1S/C26H27FN4O4/c1-26(2,33)21-9-19-17(6-16(21)11-28)14-35-23-8-15(22(27)10-20(19)23)7-18(12-29)31-25(32)24-13-30-4-3-5-34-24/h6,8-10,18,24,30,33H,3-5,7,13-14H2,1-2H3,(H,31,32). The molecule has 182 valence electrons. The monoisotopic (exact) mass is 478 g/mol. The predicted molar refractivity (Wildman–Crippen MR) is 125 cm³/mol. The second-order valence-electron chi connectivity index (χ2n) is 9.27. The Bertz CT molecular complexity index is 1220. The number of hydrogen-bond acceptors (Lipinski definition) is 7. The zero-order valence-corrected chi connectivity index (χ0v) is 19.7. The van der Waals surface area contributed by atoms with Crippen molar-refractivity contribution in [2.24, 2.45) is 0 Å². The van der Waals surface area contributed by atoms with Gasteiger partial charge in [-0.15, -0.1) is 0 Å². The third-order valence-corrected chi connectivity index (χ3v) is 6.18. The minimum absolute atomic E-state index is 0.0417. The normalized spacial score (nSPS) is 18.1. The molecule has 8 nitrogen and oxygen atoms in total. The first kappa shape index (κ1) is 24.6. The second kappa shape index (κ2) is 10.0. The fourth-order valence-corrected chi connectivity index (χ4v) is 4.35. The van der Waals surface area contributed by atoms with Gasteiger partial charge in [-0.05, 0) is 67.8 Å². The number of nitrogens with one attached hydrogen (secondary N) is 2. The van der Waals surface area contributed by atoms with Crippen LogP contribution in [0.5, 0.6) is 5.75 Å². The predicted octanol–water partition coefficient (Wildman–Crippen LogP) is 2.41. The van der Waals surface area contributed by atoms with Gasteiger partial charge in [0.25, 0.3) is 5.91 Å². The smallest absolute Gasteiger partial charge is 0.251 e. The van der Waals surface area contributed by atoms with Crippen LogP contribution >= 0.6 is 0 Å². The summed E-state index contributed by atoms with van der Waals surface area (Å²) >= 11 is 0. The molecule has 2 atom stereocenters. The number of benzene rings is 2. The van der Waals surface area contributed by atoms with Crippen LogP contribution in [0.1, 0.15) is 42.5 Å². The molecule has 1 amide bonds. The maximum Gasteiger partial charge on any atom is 0.251 e. The van der Waals surface area contributed by atoms with E-state index in [0.29, 0.717) is 46.7 Å². The average molecular weight is 479 g/mol. The van der Waals surface area contributed by atoms with E-state index in [9.17, 15) is 20.4 Å². The molecule has 2 aliphatic rings. The quantitative estimate of drug-likeness (QED) is 0.602. The Hall–Kier alpha value is -3.50. The fourth-order valence-electron chi connectivity index (χ4n) is 4.35. The summed E-state index contributed by atoms with van der Waals surface area (Å²) < 4.78 is 26.5. The van der Waals surface area contributed by atoms with Crippen LogP contribution in [0.4, 0.5) is 4.39 Å². The molecule has 1 saturated heterocycles. The topological polar surface area (TPSA) is 127 Å². The fraction of sp³-hybridized carbons (Fsp3) is 0.423. The number of nitrogens with zero attached hydrogens (tertiary/aromatic N) is 2. The molecule has 2 aliphatic heterocycles. The molecule has 2 aromatic rings. The van der Waals surface area contributed by atoms with Crippen LogP contribution < -0.4 is 15.4 Å². The summed E-state index contributed by atoms with van der Waals surface area (Å²) in [5.41, 5.74) is 1.64.